The van der Waals surface area contributed by atoms with Crippen LogP contribution in [0.15, 0.2) is 41.5 Å². The second-order valence-electron chi connectivity index (χ2n) is 7.80. The number of anilines is 1. The molecule has 6 heteroatoms. The number of carbonyl (C=O) groups is 1. The number of nitrogens with one attached hydrogen (secondary N) is 3. The van der Waals surface area contributed by atoms with Crippen LogP contribution in [-0.4, -0.2) is 15.9 Å². The smallest absolute Gasteiger partial charge is 0.261 e. The summed E-state index contributed by atoms with van der Waals surface area (Å²) in [4.78, 5) is 32.9. The second-order valence-corrected chi connectivity index (χ2v) is 9.05. The largest absolute Gasteiger partial charge is 0.361 e. The average Bonchev–Trinajstić information content (AvgIpc) is 3.18. The van der Waals surface area contributed by atoms with Gasteiger partial charge in [-0.3, -0.25) is 9.59 Å². The lowest BCUT2D eigenvalue weighted by Crippen LogP contribution is -2.23. The summed E-state index contributed by atoms with van der Waals surface area (Å²) in [6.07, 6.45) is 3.37. The van der Waals surface area contributed by atoms with Crippen LogP contribution in [-0.2, 0) is 5.41 Å². The first-order valence-corrected chi connectivity index (χ1v) is 9.60. The molecule has 0 atom stereocenters. The number of H-pyrrole nitrogens is 2. The van der Waals surface area contributed by atoms with Crippen LogP contribution in [0, 0.1) is 6.92 Å². The number of rotatable bonds is 2. The molecule has 1 amide bonds. The summed E-state index contributed by atoms with van der Waals surface area (Å²) < 4.78 is 0.580. The summed E-state index contributed by atoms with van der Waals surface area (Å²) in [6, 6.07) is 7.93. The molecule has 0 aliphatic rings. The molecule has 0 spiro atoms. The zero-order valence-electron chi connectivity index (χ0n) is 15.7. The van der Waals surface area contributed by atoms with E-state index in [9.17, 15) is 9.59 Å². The van der Waals surface area contributed by atoms with Gasteiger partial charge in [-0.05, 0) is 47.6 Å². The van der Waals surface area contributed by atoms with Crippen molar-refractivity contribution in [1.82, 2.24) is 9.97 Å². The molecule has 0 aliphatic heterocycles. The number of pyridine rings is 1. The van der Waals surface area contributed by atoms with E-state index < -0.39 is 5.91 Å². The van der Waals surface area contributed by atoms with Gasteiger partial charge in [0.1, 0.15) is 5.56 Å². The van der Waals surface area contributed by atoms with Crippen LogP contribution in [0.25, 0.3) is 21.1 Å². The van der Waals surface area contributed by atoms with Gasteiger partial charge >= 0.3 is 0 Å². The van der Waals surface area contributed by atoms with Crippen molar-refractivity contribution in [2.75, 3.05) is 5.32 Å². The number of benzene rings is 1. The number of aromatic amines is 2. The lowest BCUT2D eigenvalue weighted by molar-refractivity contribution is 0.102. The highest BCUT2D eigenvalue weighted by molar-refractivity contribution is 7.18. The van der Waals surface area contributed by atoms with E-state index in [-0.39, 0.29) is 16.4 Å². The first-order valence-electron chi connectivity index (χ1n) is 8.79. The van der Waals surface area contributed by atoms with Crippen LogP contribution in [0.1, 0.15) is 41.6 Å². The summed E-state index contributed by atoms with van der Waals surface area (Å²) in [7, 11) is 0. The van der Waals surface area contributed by atoms with Crippen LogP contribution in [0.4, 0.5) is 5.69 Å². The average molecular weight is 379 g/mol. The summed E-state index contributed by atoms with van der Waals surface area (Å²) in [5, 5.41) is 4.04. The fourth-order valence-electron chi connectivity index (χ4n) is 3.31. The molecular weight excluding hydrogens is 358 g/mol. The van der Waals surface area contributed by atoms with Gasteiger partial charge in [0.15, 0.2) is 0 Å². The maximum Gasteiger partial charge on any atom is 0.261 e. The summed E-state index contributed by atoms with van der Waals surface area (Å²) in [5.74, 6) is -0.402. The molecule has 0 fully saturated rings. The van der Waals surface area contributed by atoms with Crippen LogP contribution in [0.5, 0.6) is 0 Å². The predicted octanol–water partition coefficient (Wildman–Crippen LogP) is 4.93. The molecule has 138 valence electrons. The number of thiophene rings is 1. The molecule has 4 aromatic rings. The van der Waals surface area contributed by atoms with Crippen molar-refractivity contribution in [3.8, 4) is 0 Å². The lowest BCUT2D eigenvalue weighted by Gasteiger charge is -2.23. The van der Waals surface area contributed by atoms with Crippen molar-refractivity contribution in [3.63, 3.8) is 0 Å². The summed E-state index contributed by atoms with van der Waals surface area (Å²) in [6.45, 7) is 8.25. The summed E-state index contributed by atoms with van der Waals surface area (Å²) >= 11 is 1.40. The fraction of sp³-hybridized carbons (Fsp3) is 0.238. The van der Waals surface area contributed by atoms with E-state index >= 15 is 0 Å². The van der Waals surface area contributed by atoms with Crippen molar-refractivity contribution in [1.29, 1.82) is 0 Å². The Kier molecular flexibility index (Phi) is 3.96. The molecule has 3 aromatic heterocycles. The van der Waals surface area contributed by atoms with Gasteiger partial charge in [-0.25, -0.2) is 0 Å². The monoisotopic (exact) mass is 379 g/mol. The third kappa shape index (κ3) is 3.06. The van der Waals surface area contributed by atoms with Gasteiger partial charge in [-0.2, -0.15) is 0 Å². The van der Waals surface area contributed by atoms with Gasteiger partial charge in [0.25, 0.3) is 5.91 Å². The Morgan fingerprint density at radius 1 is 1.11 bits per heavy atom. The molecule has 0 bridgehead atoms. The van der Waals surface area contributed by atoms with Crippen LogP contribution in [0.2, 0.25) is 0 Å². The Labute approximate surface area is 160 Å². The third-order valence-corrected chi connectivity index (χ3v) is 5.72. The van der Waals surface area contributed by atoms with Gasteiger partial charge < -0.3 is 15.3 Å². The minimum Gasteiger partial charge on any atom is -0.361 e. The van der Waals surface area contributed by atoms with Crippen LogP contribution < -0.4 is 10.7 Å². The molecule has 27 heavy (non-hydrogen) atoms. The quantitative estimate of drug-likeness (QED) is 0.462. The minimum absolute atomic E-state index is 0.121. The first kappa shape index (κ1) is 17.5. The van der Waals surface area contributed by atoms with Gasteiger partial charge in [0, 0.05) is 28.5 Å². The van der Waals surface area contributed by atoms with Gasteiger partial charge in [0.2, 0.25) is 5.43 Å². The van der Waals surface area contributed by atoms with Gasteiger partial charge in [-0.15, -0.1) is 11.3 Å². The zero-order valence-corrected chi connectivity index (χ0v) is 16.5. The Bertz CT molecular complexity index is 1240. The van der Waals surface area contributed by atoms with E-state index in [1.807, 2.05) is 31.3 Å². The number of hydrogen-bond acceptors (Lipinski definition) is 3. The highest BCUT2D eigenvalue weighted by Crippen LogP contribution is 2.33. The SMILES string of the molecule is Cc1cc2[nH]cc(C(=O)Nc3cc4[nH]ccc4cc3C(C)(C)C)c(=O)c2s1. The Morgan fingerprint density at radius 3 is 2.63 bits per heavy atom. The molecule has 0 unspecified atom stereocenters. The molecule has 0 aliphatic carbocycles. The molecule has 1 aromatic carbocycles. The number of amides is 1. The molecule has 0 saturated carbocycles. The molecule has 0 saturated heterocycles. The molecule has 3 heterocycles. The van der Waals surface area contributed by atoms with E-state index in [0.717, 1.165) is 26.9 Å². The topological polar surface area (TPSA) is 77.8 Å². The zero-order chi connectivity index (χ0) is 19.3. The van der Waals surface area contributed by atoms with E-state index in [1.165, 1.54) is 17.5 Å². The third-order valence-electron chi connectivity index (χ3n) is 4.67. The van der Waals surface area contributed by atoms with Gasteiger partial charge in [-0.1, -0.05) is 20.8 Å². The molecule has 4 rings (SSSR count). The summed E-state index contributed by atoms with van der Waals surface area (Å²) in [5.41, 5.74) is 3.17. The Hall–Kier alpha value is -2.86. The van der Waals surface area contributed by atoms with Crippen LogP contribution in [0.3, 0.4) is 0 Å². The van der Waals surface area contributed by atoms with E-state index in [0.29, 0.717) is 10.4 Å². The van der Waals surface area contributed by atoms with Crippen molar-refractivity contribution in [2.45, 2.75) is 33.1 Å². The van der Waals surface area contributed by atoms with Crippen LogP contribution >= 0.6 is 11.3 Å². The Morgan fingerprint density at radius 2 is 1.89 bits per heavy atom. The van der Waals surface area contributed by atoms with Crippen molar-refractivity contribution in [2.24, 2.45) is 0 Å². The maximum atomic E-state index is 12.9. The van der Waals surface area contributed by atoms with Crippen molar-refractivity contribution >= 4 is 44.1 Å². The second kappa shape index (κ2) is 6.09. The highest BCUT2D eigenvalue weighted by Gasteiger charge is 2.22. The van der Waals surface area contributed by atoms with E-state index in [1.54, 1.807) is 0 Å². The Balaban J connectivity index is 1.79. The van der Waals surface area contributed by atoms with Gasteiger partial charge in [0.05, 0.1) is 10.2 Å². The normalized spacial score (nSPS) is 12.0. The lowest BCUT2D eigenvalue weighted by atomic mass is 9.85. The molecule has 5 nitrogen and oxygen atoms in total. The fourth-order valence-corrected chi connectivity index (χ4v) is 4.24. The number of fused-ring (bicyclic) bond motifs is 2. The molecular formula is C21H21N3O2S. The van der Waals surface area contributed by atoms with Crippen molar-refractivity contribution < 1.29 is 4.79 Å². The highest BCUT2D eigenvalue weighted by atomic mass is 32.1. The minimum atomic E-state index is -0.402. The van der Waals surface area contributed by atoms with Crippen molar-refractivity contribution in [3.05, 3.63) is 62.9 Å². The van der Waals surface area contributed by atoms with E-state index in [2.05, 4.69) is 42.1 Å². The number of carbonyl (C=O) groups excluding carboxylic acids is 1. The first-order chi connectivity index (χ1) is 12.7. The van der Waals surface area contributed by atoms with E-state index in [4.69, 9.17) is 0 Å². The standard InChI is InChI=1S/C21H21N3O2S/c1-11-7-17-19(27-11)18(25)13(10-23-17)20(26)24-16-9-15-12(5-6-22-15)8-14(16)21(2,3)4/h5-10,22H,1-4H3,(H,23,25)(H,24,26). The molecule has 3 N–H and O–H groups in total. The number of aromatic nitrogens is 2. The molecule has 0 radical (unpaired) electrons. The number of aryl methyl sites for hydroxylation is 1. The maximum absolute atomic E-state index is 12.9. The predicted molar refractivity (Wildman–Crippen MR) is 112 cm³/mol. The number of hydrogen-bond donors (Lipinski definition) is 3.